The summed E-state index contributed by atoms with van der Waals surface area (Å²) in [6, 6.07) is 13.4. The number of anilines is 1. The first-order valence-corrected chi connectivity index (χ1v) is 10.3. The minimum absolute atomic E-state index is 0.375. The van der Waals surface area contributed by atoms with Gasteiger partial charge in [0, 0.05) is 23.5 Å². The molecule has 3 N–H and O–H groups in total. The van der Waals surface area contributed by atoms with Gasteiger partial charge in [-0.1, -0.05) is 43.2 Å². The molecule has 0 heterocycles. The predicted molar refractivity (Wildman–Crippen MR) is 114 cm³/mol. The monoisotopic (exact) mass is 433 g/mol. The maximum Gasteiger partial charge on any atom is 0.471 e. The van der Waals surface area contributed by atoms with E-state index in [-0.39, 0.29) is 0 Å². The summed E-state index contributed by atoms with van der Waals surface area (Å²) in [5, 5.41) is 13.2. The number of hydrogen-bond donors (Lipinski definition) is 3. The van der Waals surface area contributed by atoms with E-state index in [1.807, 2.05) is 11.4 Å². The van der Waals surface area contributed by atoms with Crippen molar-refractivity contribution in [2.75, 3.05) is 5.32 Å². The lowest BCUT2D eigenvalue weighted by Crippen LogP contribution is -2.45. The molecule has 0 spiro atoms. The van der Waals surface area contributed by atoms with Gasteiger partial charge in [0.25, 0.3) is 0 Å². The molecule has 0 bridgehead atoms. The molecule has 166 valence electrons. The van der Waals surface area contributed by atoms with Gasteiger partial charge in [0.2, 0.25) is 0 Å². The fourth-order valence-electron chi connectivity index (χ4n) is 3.77. The molecule has 3 rings (SSSR count). The van der Waals surface area contributed by atoms with Crippen molar-refractivity contribution in [3.63, 3.8) is 0 Å². The van der Waals surface area contributed by atoms with E-state index in [4.69, 9.17) is 10.1 Å². The van der Waals surface area contributed by atoms with Crippen LogP contribution in [0.15, 0.2) is 48.5 Å². The number of carbonyl (C=O) groups is 1. The van der Waals surface area contributed by atoms with Crippen molar-refractivity contribution in [3.8, 4) is 5.75 Å². The van der Waals surface area contributed by atoms with E-state index in [1.165, 1.54) is 26.0 Å². The molecule has 2 aromatic carbocycles. The highest BCUT2D eigenvalue weighted by atomic mass is 19.4. The Labute approximate surface area is 179 Å². The lowest BCUT2D eigenvalue weighted by Gasteiger charge is -2.27. The molecule has 1 unspecified atom stereocenters. The third-order valence-corrected chi connectivity index (χ3v) is 5.35. The number of benzene rings is 2. The summed E-state index contributed by atoms with van der Waals surface area (Å²) in [7, 11) is 0. The van der Waals surface area contributed by atoms with Crippen LogP contribution in [0.4, 0.5) is 18.9 Å². The van der Waals surface area contributed by atoms with Crippen LogP contribution in [0.3, 0.4) is 0 Å². The van der Waals surface area contributed by atoms with Gasteiger partial charge in [-0.25, -0.2) is 0 Å². The molecule has 31 heavy (non-hydrogen) atoms. The molecule has 1 fully saturated rings. The highest BCUT2D eigenvalue weighted by Gasteiger charge is 2.40. The second-order valence-electron chi connectivity index (χ2n) is 7.73. The molecular formula is C23H26F3N3O2. The van der Waals surface area contributed by atoms with Crippen molar-refractivity contribution in [1.29, 1.82) is 5.41 Å². The van der Waals surface area contributed by atoms with Gasteiger partial charge in [-0.05, 0) is 43.5 Å². The zero-order valence-corrected chi connectivity index (χ0v) is 17.2. The number of nitrogens with one attached hydrogen (secondary N) is 3. The molecular weight excluding hydrogens is 407 g/mol. The number of rotatable bonds is 8. The molecule has 1 saturated carbocycles. The average Bonchev–Trinajstić information content (AvgIpc) is 3.25. The van der Waals surface area contributed by atoms with E-state index < -0.39 is 24.2 Å². The van der Waals surface area contributed by atoms with Crippen molar-refractivity contribution in [2.45, 2.75) is 57.0 Å². The van der Waals surface area contributed by atoms with Crippen LogP contribution in [-0.2, 0) is 4.79 Å². The Morgan fingerprint density at radius 2 is 1.84 bits per heavy atom. The lowest BCUT2D eigenvalue weighted by atomic mass is 10.0. The van der Waals surface area contributed by atoms with Crippen molar-refractivity contribution >= 4 is 17.8 Å². The normalized spacial score (nSPS) is 16.4. The van der Waals surface area contributed by atoms with Crippen LogP contribution >= 0.6 is 0 Å². The van der Waals surface area contributed by atoms with Gasteiger partial charge in [-0.3, -0.25) is 4.79 Å². The van der Waals surface area contributed by atoms with Crippen LogP contribution in [0.1, 0.15) is 49.8 Å². The Balaban J connectivity index is 1.81. The van der Waals surface area contributed by atoms with E-state index in [0.29, 0.717) is 22.9 Å². The number of hydrogen-bond acceptors (Lipinski definition) is 4. The molecule has 0 saturated heterocycles. The Bertz CT molecular complexity index is 897. The largest absolute Gasteiger partial charge is 0.484 e. The minimum Gasteiger partial charge on any atom is -0.484 e. The highest BCUT2D eigenvalue weighted by molar-refractivity contribution is 5.86. The van der Waals surface area contributed by atoms with Crippen LogP contribution in [0.25, 0.3) is 0 Å². The van der Waals surface area contributed by atoms with Crippen molar-refractivity contribution in [1.82, 2.24) is 5.32 Å². The maximum absolute atomic E-state index is 12.7. The summed E-state index contributed by atoms with van der Waals surface area (Å²) in [5.41, 5.74) is 2.08. The van der Waals surface area contributed by atoms with Crippen LogP contribution in [-0.4, -0.2) is 30.4 Å². The van der Waals surface area contributed by atoms with Gasteiger partial charge in [0.15, 0.2) is 0 Å². The van der Waals surface area contributed by atoms with Crippen LogP contribution < -0.4 is 15.4 Å². The van der Waals surface area contributed by atoms with Gasteiger partial charge < -0.3 is 20.8 Å². The Kier molecular flexibility index (Phi) is 7.20. The van der Waals surface area contributed by atoms with E-state index in [0.717, 1.165) is 18.5 Å². The predicted octanol–water partition coefficient (Wildman–Crippen LogP) is 5.23. The minimum atomic E-state index is -4.98. The summed E-state index contributed by atoms with van der Waals surface area (Å²) < 4.78 is 44.2. The highest BCUT2D eigenvalue weighted by Crippen LogP contribution is 2.30. The van der Waals surface area contributed by atoms with Crippen LogP contribution in [0.5, 0.6) is 5.75 Å². The van der Waals surface area contributed by atoms with Crippen molar-refractivity contribution in [3.05, 3.63) is 59.7 Å². The zero-order valence-electron chi connectivity index (χ0n) is 17.2. The van der Waals surface area contributed by atoms with E-state index >= 15 is 0 Å². The quantitative estimate of drug-likeness (QED) is 0.500. The fraction of sp³-hybridized carbons (Fsp3) is 0.391. The summed E-state index contributed by atoms with van der Waals surface area (Å²) >= 11 is 0. The Morgan fingerprint density at radius 3 is 2.45 bits per heavy atom. The molecule has 2 aromatic rings. The standard InChI is InChI=1S/C23H26F3N3O2/c1-15(28-22(30)23(24,25)26)21(16-7-3-2-4-8-16)31-19-11-12-20(17(13-19)14-27)29-18-9-5-6-10-18/h2-4,7-8,11-15,18,21,27,29H,5-6,9-10H2,1H3,(H,28,30)/t15?,21-/m0/s1. The average molecular weight is 433 g/mol. The number of amides is 1. The molecule has 0 aliphatic heterocycles. The number of halogens is 3. The molecule has 1 aliphatic carbocycles. The molecule has 0 aromatic heterocycles. The molecule has 2 atom stereocenters. The third kappa shape index (κ3) is 5.99. The van der Waals surface area contributed by atoms with Crippen LogP contribution in [0, 0.1) is 5.41 Å². The van der Waals surface area contributed by atoms with Gasteiger partial charge in [-0.2, -0.15) is 13.2 Å². The van der Waals surface area contributed by atoms with Gasteiger partial charge in [0.1, 0.15) is 11.9 Å². The maximum atomic E-state index is 12.7. The topological polar surface area (TPSA) is 74.2 Å². The molecule has 8 heteroatoms. The molecule has 0 radical (unpaired) electrons. The van der Waals surface area contributed by atoms with E-state index in [9.17, 15) is 18.0 Å². The first-order valence-electron chi connectivity index (χ1n) is 10.3. The first kappa shape index (κ1) is 22.7. The summed E-state index contributed by atoms with van der Waals surface area (Å²) in [4.78, 5) is 11.4. The molecule has 1 amide bonds. The second kappa shape index (κ2) is 9.85. The Morgan fingerprint density at radius 1 is 1.16 bits per heavy atom. The van der Waals surface area contributed by atoms with E-state index in [1.54, 1.807) is 42.5 Å². The molecule has 1 aliphatic rings. The number of ether oxygens (including phenoxy) is 1. The van der Waals surface area contributed by atoms with E-state index in [2.05, 4.69) is 5.32 Å². The second-order valence-corrected chi connectivity index (χ2v) is 7.73. The SMILES string of the molecule is CC(NC(=O)C(F)(F)F)[C@H](Oc1ccc(NC2CCCC2)c(C=N)c1)c1ccccc1. The number of alkyl halides is 3. The summed E-state index contributed by atoms with van der Waals surface area (Å²) in [5.74, 6) is -1.61. The fourth-order valence-corrected chi connectivity index (χ4v) is 3.77. The van der Waals surface area contributed by atoms with Gasteiger partial charge in [-0.15, -0.1) is 0 Å². The van der Waals surface area contributed by atoms with Gasteiger partial charge >= 0.3 is 12.1 Å². The Hall–Kier alpha value is -3.03. The van der Waals surface area contributed by atoms with Crippen LogP contribution in [0.2, 0.25) is 0 Å². The smallest absolute Gasteiger partial charge is 0.471 e. The molecule has 5 nitrogen and oxygen atoms in total. The van der Waals surface area contributed by atoms with Crippen molar-refractivity contribution < 1.29 is 22.7 Å². The number of carbonyl (C=O) groups excluding carboxylic acids is 1. The zero-order chi connectivity index (χ0) is 22.4. The lowest BCUT2D eigenvalue weighted by molar-refractivity contribution is -0.174. The third-order valence-electron chi connectivity index (χ3n) is 5.35. The van der Waals surface area contributed by atoms with Crippen molar-refractivity contribution in [2.24, 2.45) is 0 Å². The van der Waals surface area contributed by atoms with Gasteiger partial charge in [0.05, 0.1) is 6.04 Å². The summed E-state index contributed by atoms with van der Waals surface area (Å²) in [6.45, 7) is 1.47. The summed E-state index contributed by atoms with van der Waals surface area (Å²) in [6.07, 6.45) is -0.0742. The first-order chi connectivity index (χ1) is 14.8.